The summed E-state index contributed by atoms with van der Waals surface area (Å²) in [7, 11) is 0. The molecular weight excluding hydrogens is 281 g/mol. The number of hydrogen-bond donors (Lipinski definition) is 1. The van der Waals surface area contributed by atoms with Crippen LogP contribution in [0.3, 0.4) is 0 Å². The van der Waals surface area contributed by atoms with Gasteiger partial charge in [-0.15, -0.1) is 5.10 Å². The van der Waals surface area contributed by atoms with Gasteiger partial charge in [0.1, 0.15) is 6.61 Å². The summed E-state index contributed by atoms with van der Waals surface area (Å²) in [5, 5.41) is 3.72. The molecule has 1 aromatic rings. The summed E-state index contributed by atoms with van der Waals surface area (Å²) in [5.74, 6) is 0.0534. The summed E-state index contributed by atoms with van der Waals surface area (Å²) in [6.45, 7) is -1.23. The van der Waals surface area contributed by atoms with Crippen LogP contribution < -0.4 is 5.73 Å². The van der Waals surface area contributed by atoms with Crippen molar-refractivity contribution in [2.75, 3.05) is 18.9 Å². The maximum atomic E-state index is 11.7. The summed E-state index contributed by atoms with van der Waals surface area (Å²) in [5.41, 5.74) is 5.26. The molecule has 0 aromatic carbocycles. The van der Waals surface area contributed by atoms with Gasteiger partial charge in [0.2, 0.25) is 5.95 Å². The molecule has 1 rings (SSSR count). The SMILES string of the molecule is Nc1nc(Br)n(CCOCC(F)(F)F)n1. The third-order valence-electron chi connectivity index (χ3n) is 1.36. The maximum Gasteiger partial charge on any atom is 0.411 e. The Bertz CT molecular complexity index is 327. The Hall–Kier alpha value is -0.830. The van der Waals surface area contributed by atoms with Gasteiger partial charge in [0, 0.05) is 0 Å². The second kappa shape index (κ2) is 4.79. The van der Waals surface area contributed by atoms with Crippen molar-refractivity contribution in [3.63, 3.8) is 0 Å². The van der Waals surface area contributed by atoms with E-state index in [0.29, 0.717) is 4.73 Å². The first-order valence-corrected chi connectivity index (χ1v) is 4.68. The van der Waals surface area contributed by atoms with Gasteiger partial charge in [-0.3, -0.25) is 0 Å². The predicted molar refractivity (Wildman–Crippen MR) is 49.0 cm³/mol. The highest BCUT2D eigenvalue weighted by Gasteiger charge is 2.27. The van der Waals surface area contributed by atoms with E-state index < -0.39 is 12.8 Å². The summed E-state index contributed by atoms with van der Waals surface area (Å²) < 4.78 is 41.1. The molecule has 1 heterocycles. The van der Waals surface area contributed by atoms with Crippen LogP contribution in [0.1, 0.15) is 0 Å². The van der Waals surface area contributed by atoms with E-state index in [1.807, 2.05) is 0 Å². The molecule has 15 heavy (non-hydrogen) atoms. The Balaban J connectivity index is 2.29. The molecule has 0 amide bonds. The largest absolute Gasteiger partial charge is 0.411 e. The number of hydrogen-bond acceptors (Lipinski definition) is 4. The Labute approximate surface area is 91.5 Å². The van der Waals surface area contributed by atoms with E-state index >= 15 is 0 Å². The van der Waals surface area contributed by atoms with Crippen molar-refractivity contribution in [1.29, 1.82) is 0 Å². The lowest BCUT2D eigenvalue weighted by Gasteiger charge is -2.07. The molecule has 0 fully saturated rings. The van der Waals surface area contributed by atoms with Crippen LogP contribution in [0.25, 0.3) is 0 Å². The Morgan fingerprint density at radius 1 is 1.47 bits per heavy atom. The monoisotopic (exact) mass is 288 g/mol. The van der Waals surface area contributed by atoms with Crippen molar-refractivity contribution < 1.29 is 17.9 Å². The molecule has 2 N–H and O–H groups in total. The lowest BCUT2D eigenvalue weighted by atomic mass is 10.6. The average Bonchev–Trinajstić information content (AvgIpc) is 2.37. The van der Waals surface area contributed by atoms with Gasteiger partial charge < -0.3 is 10.5 Å². The standard InChI is InChI=1S/C6H8BrF3N4O/c7-4-12-5(11)13-14(4)1-2-15-3-6(8,9)10/h1-3H2,(H2,11,13). The van der Waals surface area contributed by atoms with Gasteiger partial charge in [0.05, 0.1) is 13.2 Å². The molecule has 0 aliphatic rings. The summed E-state index contributed by atoms with van der Waals surface area (Å²) in [4.78, 5) is 3.71. The number of nitrogens with zero attached hydrogens (tertiary/aromatic N) is 3. The molecule has 0 aliphatic carbocycles. The average molecular weight is 289 g/mol. The Morgan fingerprint density at radius 2 is 2.13 bits per heavy atom. The zero-order chi connectivity index (χ0) is 11.5. The molecule has 0 spiro atoms. The van der Waals surface area contributed by atoms with Gasteiger partial charge >= 0.3 is 6.18 Å². The first-order chi connectivity index (χ1) is 6.88. The predicted octanol–water partition coefficient (Wildman–Crippen LogP) is 1.20. The molecule has 1 aromatic heterocycles. The van der Waals surface area contributed by atoms with Crippen molar-refractivity contribution in [2.24, 2.45) is 0 Å². The first-order valence-electron chi connectivity index (χ1n) is 3.89. The van der Waals surface area contributed by atoms with E-state index in [-0.39, 0.29) is 19.1 Å². The Kier molecular flexibility index (Phi) is 3.91. The number of alkyl halides is 3. The molecule has 9 heteroatoms. The third-order valence-corrected chi connectivity index (χ3v) is 1.94. The molecule has 0 saturated carbocycles. The normalized spacial score (nSPS) is 12.0. The van der Waals surface area contributed by atoms with Gasteiger partial charge in [-0.2, -0.15) is 18.2 Å². The fraction of sp³-hybridized carbons (Fsp3) is 0.667. The van der Waals surface area contributed by atoms with E-state index in [1.54, 1.807) is 0 Å². The topological polar surface area (TPSA) is 66.0 Å². The molecule has 0 saturated heterocycles. The van der Waals surface area contributed by atoms with Crippen molar-refractivity contribution in [1.82, 2.24) is 14.8 Å². The molecule has 5 nitrogen and oxygen atoms in total. The van der Waals surface area contributed by atoms with Gasteiger partial charge in [-0.1, -0.05) is 0 Å². The van der Waals surface area contributed by atoms with Crippen LogP contribution in [0.15, 0.2) is 4.73 Å². The van der Waals surface area contributed by atoms with Crippen molar-refractivity contribution in [3.8, 4) is 0 Å². The number of rotatable bonds is 4. The lowest BCUT2D eigenvalue weighted by molar-refractivity contribution is -0.174. The molecular formula is C6H8BrF3N4O. The van der Waals surface area contributed by atoms with Crippen LogP contribution in [0.4, 0.5) is 19.1 Å². The summed E-state index contributed by atoms with van der Waals surface area (Å²) >= 11 is 3.04. The van der Waals surface area contributed by atoms with Crippen LogP contribution in [0, 0.1) is 0 Å². The highest BCUT2D eigenvalue weighted by molar-refractivity contribution is 9.10. The second-order valence-corrected chi connectivity index (χ2v) is 3.34. The summed E-state index contributed by atoms with van der Waals surface area (Å²) in [6, 6.07) is 0. The zero-order valence-corrected chi connectivity index (χ0v) is 9.05. The number of halogens is 4. The quantitative estimate of drug-likeness (QED) is 0.846. The maximum absolute atomic E-state index is 11.7. The van der Waals surface area contributed by atoms with Gasteiger partial charge in [-0.25, -0.2) is 4.68 Å². The van der Waals surface area contributed by atoms with E-state index in [2.05, 4.69) is 30.7 Å². The number of aromatic nitrogens is 3. The minimum Gasteiger partial charge on any atom is -0.370 e. The van der Waals surface area contributed by atoms with Gasteiger partial charge in [-0.05, 0) is 15.9 Å². The van der Waals surface area contributed by atoms with Crippen LogP contribution in [-0.2, 0) is 11.3 Å². The number of nitrogens with two attached hydrogens (primary N) is 1. The molecule has 0 unspecified atom stereocenters. The number of ether oxygens (including phenoxy) is 1. The lowest BCUT2D eigenvalue weighted by Crippen LogP contribution is -2.19. The zero-order valence-electron chi connectivity index (χ0n) is 7.46. The molecule has 86 valence electrons. The highest BCUT2D eigenvalue weighted by Crippen LogP contribution is 2.14. The Morgan fingerprint density at radius 3 is 2.60 bits per heavy atom. The minimum absolute atomic E-state index is 0.0534. The van der Waals surface area contributed by atoms with E-state index in [9.17, 15) is 13.2 Å². The summed E-state index contributed by atoms with van der Waals surface area (Å²) in [6.07, 6.45) is -4.31. The third kappa shape index (κ3) is 4.47. The molecule has 0 atom stereocenters. The van der Waals surface area contributed by atoms with Crippen LogP contribution >= 0.6 is 15.9 Å². The minimum atomic E-state index is -4.31. The van der Waals surface area contributed by atoms with Gasteiger partial charge in [0.25, 0.3) is 0 Å². The van der Waals surface area contributed by atoms with Crippen molar-refractivity contribution >= 4 is 21.9 Å². The van der Waals surface area contributed by atoms with E-state index in [4.69, 9.17) is 5.73 Å². The van der Waals surface area contributed by atoms with Crippen LogP contribution in [0.2, 0.25) is 0 Å². The van der Waals surface area contributed by atoms with E-state index in [1.165, 1.54) is 4.68 Å². The fourth-order valence-corrected chi connectivity index (χ4v) is 1.26. The van der Waals surface area contributed by atoms with E-state index in [0.717, 1.165) is 0 Å². The van der Waals surface area contributed by atoms with Crippen molar-refractivity contribution in [3.05, 3.63) is 4.73 Å². The van der Waals surface area contributed by atoms with Crippen molar-refractivity contribution in [2.45, 2.75) is 12.7 Å². The second-order valence-electron chi connectivity index (χ2n) is 2.63. The molecule has 0 radical (unpaired) electrons. The number of nitrogen functional groups attached to an aromatic ring is 1. The number of anilines is 1. The first kappa shape index (κ1) is 12.2. The smallest absolute Gasteiger partial charge is 0.370 e. The fourth-order valence-electron chi connectivity index (χ4n) is 0.821. The highest BCUT2D eigenvalue weighted by atomic mass is 79.9. The molecule has 0 aliphatic heterocycles. The van der Waals surface area contributed by atoms with Crippen LogP contribution in [-0.4, -0.2) is 34.2 Å². The molecule has 0 bridgehead atoms. The van der Waals surface area contributed by atoms with Crippen LogP contribution in [0.5, 0.6) is 0 Å². The van der Waals surface area contributed by atoms with Gasteiger partial charge in [0.15, 0.2) is 4.73 Å².